The van der Waals surface area contributed by atoms with Gasteiger partial charge in [-0.1, -0.05) is 15.9 Å². The van der Waals surface area contributed by atoms with Crippen molar-refractivity contribution in [3.8, 4) is 0 Å². The van der Waals surface area contributed by atoms with Crippen LogP contribution in [0, 0.1) is 5.82 Å². The highest BCUT2D eigenvalue weighted by molar-refractivity contribution is 9.10. The maximum Gasteiger partial charge on any atom is 0.147 e. The molecule has 0 aliphatic carbocycles. The summed E-state index contributed by atoms with van der Waals surface area (Å²) in [5.41, 5.74) is 5.50. The van der Waals surface area contributed by atoms with E-state index in [4.69, 9.17) is 5.73 Å². The van der Waals surface area contributed by atoms with Gasteiger partial charge in [0, 0.05) is 10.0 Å². The number of benzene rings is 1. The molecular formula is C7H6BrFNO. The van der Waals surface area contributed by atoms with Crippen LogP contribution in [0.1, 0.15) is 5.56 Å². The molecule has 0 atom stereocenters. The summed E-state index contributed by atoms with van der Waals surface area (Å²) in [5, 5.41) is 10.4. The van der Waals surface area contributed by atoms with Crippen LogP contribution in [0.25, 0.3) is 0 Å². The lowest BCUT2D eigenvalue weighted by Crippen LogP contribution is -1.97. The van der Waals surface area contributed by atoms with E-state index in [-0.39, 0.29) is 11.3 Å². The molecule has 0 spiro atoms. The fourth-order valence-electron chi connectivity index (χ4n) is 0.757. The Balaban J connectivity index is 3.24. The van der Waals surface area contributed by atoms with Gasteiger partial charge in [-0.2, -0.15) is 0 Å². The predicted molar refractivity (Wildman–Crippen MR) is 42.9 cm³/mol. The number of nitrogen functional groups attached to an aromatic ring is 1. The second-order valence-electron chi connectivity index (χ2n) is 2.10. The normalized spacial score (nSPS) is 10.1. The predicted octanol–water partition coefficient (Wildman–Crippen LogP) is 2.10. The second kappa shape index (κ2) is 3.19. The van der Waals surface area contributed by atoms with Gasteiger partial charge in [-0.25, -0.2) is 9.50 Å². The van der Waals surface area contributed by atoms with Crippen LogP contribution < -0.4 is 5.73 Å². The summed E-state index contributed by atoms with van der Waals surface area (Å²) in [5.74, 6) is -0.551. The summed E-state index contributed by atoms with van der Waals surface area (Å²) in [6, 6.07) is 2.75. The van der Waals surface area contributed by atoms with Crippen LogP contribution in [-0.4, -0.2) is 0 Å². The fraction of sp³-hybridized carbons (Fsp3) is 0.143. The van der Waals surface area contributed by atoms with E-state index in [1.807, 2.05) is 0 Å². The van der Waals surface area contributed by atoms with E-state index in [1.165, 1.54) is 12.1 Å². The molecule has 1 aromatic rings. The Kier molecular flexibility index (Phi) is 2.46. The van der Waals surface area contributed by atoms with Crippen molar-refractivity contribution < 1.29 is 9.50 Å². The van der Waals surface area contributed by atoms with Gasteiger partial charge < -0.3 is 5.73 Å². The van der Waals surface area contributed by atoms with Crippen LogP contribution in [0.4, 0.5) is 10.1 Å². The zero-order valence-corrected chi connectivity index (χ0v) is 7.19. The zero-order valence-electron chi connectivity index (χ0n) is 5.60. The first-order valence-electron chi connectivity index (χ1n) is 2.96. The number of hydrogen-bond donors (Lipinski definition) is 1. The van der Waals surface area contributed by atoms with Crippen molar-refractivity contribution in [3.63, 3.8) is 0 Å². The van der Waals surface area contributed by atoms with Crippen molar-refractivity contribution >= 4 is 21.6 Å². The van der Waals surface area contributed by atoms with Crippen molar-refractivity contribution in [2.45, 2.75) is 6.61 Å². The summed E-state index contributed by atoms with van der Waals surface area (Å²) in [6.07, 6.45) is 0. The molecule has 0 amide bonds. The Morgan fingerprint density at radius 2 is 2.18 bits per heavy atom. The molecule has 1 radical (unpaired) electrons. The fourth-order valence-corrected chi connectivity index (χ4v) is 1.23. The van der Waals surface area contributed by atoms with Crippen molar-refractivity contribution in [1.29, 1.82) is 0 Å². The van der Waals surface area contributed by atoms with Gasteiger partial charge in [0.1, 0.15) is 12.4 Å². The lowest BCUT2D eigenvalue weighted by molar-refractivity contribution is 0.178. The Labute approximate surface area is 72.0 Å². The van der Waals surface area contributed by atoms with Crippen LogP contribution in [0.15, 0.2) is 16.6 Å². The molecule has 2 nitrogen and oxygen atoms in total. The molecule has 0 fully saturated rings. The summed E-state index contributed by atoms with van der Waals surface area (Å²) in [4.78, 5) is 0. The van der Waals surface area contributed by atoms with Gasteiger partial charge in [0.2, 0.25) is 0 Å². The van der Waals surface area contributed by atoms with Gasteiger partial charge in [-0.05, 0) is 12.1 Å². The monoisotopic (exact) mass is 218 g/mol. The molecule has 0 saturated heterocycles. The van der Waals surface area contributed by atoms with E-state index in [0.29, 0.717) is 4.47 Å². The minimum atomic E-state index is -0.551. The molecular weight excluding hydrogens is 213 g/mol. The smallest absolute Gasteiger partial charge is 0.147 e. The molecule has 2 N–H and O–H groups in total. The molecule has 0 saturated carbocycles. The van der Waals surface area contributed by atoms with Gasteiger partial charge in [-0.3, -0.25) is 0 Å². The molecule has 0 aliphatic heterocycles. The van der Waals surface area contributed by atoms with Gasteiger partial charge in [0.05, 0.1) is 5.69 Å². The second-order valence-corrected chi connectivity index (χ2v) is 3.02. The van der Waals surface area contributed by atoms with E-state index in [2.05, 4.69) is 15.9 Å². The third kappa shape index (κ3) is 1.70. The molecule has 0 aliphatic rings. The van der Waals surface area contributed by atoms with Crippen LogP contribution in [0.3, 0.4) is 0 Å². The first-order chi connectivity index (χ1) is 5.15. The van der Waals surface area contributed by atoms with Gasteiger partial charge in [-0.15, -0.1) is 0 Å². The Bertz CT molecular complexity index is 277. The lowest BCUT2D eigenvalue weighted by Gasteiger charge is -2.02. The van der Waals surface area contributed by atoms with Crippen LogP contribution in [0.2, 0.25) is 0 Å². The lowest BCUT2D eigenvalue weighted by atomic mass is 10.2. The van der Waals surface area contributed by atoms with Gasteiger partial charge in [0.25, 0.3) is 0 Å². The third-order valence-corrected chi connectivity index (χ3v) is 1.79. The topological polar surface area (TPSA) is 45.9 Å². The number of nitrogens with two attached hydrogens (primary N) is 1. The first kappa shape index (κ1) is 8.49. The SMILES string of the molecule is Nc1c(F)cc(Br)cc1C[O]. The molecule has 0 bridgehead atoms. The van der Waals surface area contributed by atoms with Crippen molar-refractivity contribution in [1.82, 2.24) is 0 Å². The van der Waals surface area contributed by atoms with E-state index >= 15 is 0 Å². The van der Waals surface area contributed by atoms with E-state index in [1.54, 1.807) is 0 Å². The largest absolute Gasteiger partial charge is 0.396 e. The van der Waals surface area contributed by atoms with Gasteiger partial charge >= 0.3 is 0 Å². The highest BCUT2D eigenvalue weighted by atomic mass is 79.9. The third-order valence-electron chi connectivity index (χ3n) is 1.34. The molecule has 11 heavy (non-hydrogen) atoms. The highest BCUT2D eigenvalue weighted by Crippen LogP contribution is 2.22. The average molecular weight is 219 g/mol. The average Bonchev–Trinajstić information content (AvgIpc) is 1.96. The minimum Gasteiger partial charge on any atom is -0.396 e. The number of rotatable bonds is 1. The maximum atomic E-state index is 12.7. The summed E-state index contributed by atoms with van der Waals surface area (Å²) >= 11 is 3.05. The van der Waals surface area contributed by atoms with Crippen molar-refractivity contribution in [2.75, 3.05) is 5.73 Å². The number of hydrogen-bond acceptors (Lipinski definition) is 1. The molecule has 1 rings (SSSR count). The Morgan fingerprint density at radius 1 is 1.55 bits per heavy atom. The van der Waals surface area contributed by atoms with E-state index < -0.39 is 12.4 Å². The zero-order chi connectivity index (χ0) is 8.43. The van der Waals surface area contributed by atoms with E-state index in [0.717, 1.165) is 0 Å². The highest BCUT2D eigenvalue weighted by Gasteiger charge is 2.05. The van der Waals surface area contributed by atoms with Crippen LogP contribution >= 0.6 is 15.9 Å². The van der Waals surface area contributed by atoms with Crippen LogP contribution in [-0.2, 0) is 11.7 Å². The van der Waals surface area contributed by atoms with Crippen LogP contribution in [0.5, 0.6) is 0 Å². The van der Waals surface area contributed by atoms with E-state index in [9.17, 15) is 9.50 Å². The molecule has 4 heteroatoms. The standard InChI is InChI=1S/C7H6BrFNO/c8-5-1-4(3-11)7(10)6(9)2-5/h1-2H,3,10H2. The number of anilines is 1. The first-order valence-corrected chi connectivity index (χ1v) is 3.76. The molecule has 0 heterocycles. The molecule has 0 unspecified atom stereocenters. The Hall–Kier alpha value is -0.610. The molecule has 1 aromatic carbocycles. The minimum absolute atomic E-state index is 0.0526. The summed E-state index contributed by atoms with van der Waals surface area (Å²) in [7, 11) is 0. The molecule has 59 valence electrons. The molecule has 0 aromatic heterocycles. The Morgan fingerprint density at radius 3 is 2.73 bits per heavy atom. The maximum absolute atomic E-state index is 12.7. The van der Waals surface area contributed by atoms with Crippen molar-refractivity contribution in [2.24, 2.45) is 0 Å². The van der Waals surface area contributed by atoms with Gasteiger partial charge in [0.15, 0.2) is 0 Å². The number of halogens is 2. The van der Waals surface area contributed by atoms with Crippen molar-refractivity contribution in [3.05, 3.63) is 28.0 Å². The summed E-state index contributed by atoms with van der Waals surface area (Å²) < 4.78 is 13.3. The summed E-state index contributed by atoms with van der Waals surface area (Å²) in [6.45, 7) is -0.498. The quantitative estimate of drug-likeness (QED) is 0.722.